The predicted octanol–water partition coefficient (Wildman–Crippen LogP) is 1.22. The van der Waals surface area contributed by atoms with Gasteiger partial charge >= 0.3 is 5.97 Å². The normalized spacial score (nSPS) is 11.8. The summed E-state index contributed by atoms with van der Waals surface area (Å²) in [5.41, 5.74) is 1.46. The number of aromatic nitrogens is 2. The second-order valence-corrected chi connectivity index (χ2v) is 5.06. The Balaban J connectivity index is 2.17. The Labute approximate surface area is 139 Å². The molecule has 0 saturated carbocycles. The highest BCUT2D eigenvalue weighted by molar-refractivity contribution is 5.73. The molecule has 24 heavy (non-hydrogen) atoms. The Bertz CT molecular complexity index is 647. The van der Waals surface area contributed by atoms with Crippen molar-refractivity contribution in [2.45, 2.75) is 19.0 Å². The molecule has 1 heterocycles. The first-order valence-electron chi connectivity index (χ1n) is 7.31. The average Bonchev–Trinajstić information content (AvgIpc) is 3.10. The first-order chi connectivity index (χ1) is 11.6. The fourth-order valence-corrected chi connectivity index (χ4v) is 2.34. The van der Waals surface area contributed by atoms with E-state index in [4.69, 9.17) is 14.2 Å². The number of methoxy groups -OCH3 is 3. The van der Waals surface area contributed by atoms with Gasteiger partial charge in [0.15, 0.2) is 0 Å². The zero-order valence-corrected chi connectivity index (χ0v) is 13.8. The number of ether oxygens (including phenoxy) is 3. The number of benzene rings is 1. The highest BCUT2D eigenvalue weighted by atomic mass is 16.5. The Morgan fingerprint density at radius 2 is 1.92 bits per heavy atom. The van der Waals surface area contributed by atoms with Crippen LogP contribution in [0.1, 0.15) is 11.3 Å². The van der Waals surface area contributed by atoms with Crippen molar-refractivity contribution in [1.82, 2.24) is 15.3 Å². The van der Waals surface area contributed by atoms with Gasteiger partial charge in [0.25, 0.3) is 0 Å². The lowest BCUT2D eigenvalue weighted by Crippen LogP contribution is -2.38. The van der Waals surface area contributed by atoms with Gasteiger partial charge in [-0.15, -0.1) is 0 Å². The Kier molecular flexibility index (Phi) is 6.02. The molecule has 2 aromatic rings. The van der Waals surface area contributed by atoms with Crippen molar-refractivity contribution in [2.24, 2.45) is 0 Å². The molecule has 8 heteroatoms. The molecule has 0 bridgehead atoms. The van der Waals surface area contributed by atoms with Crippen molar-refractivity contribution in [3.63, 3.8) is 0 Å². The van der Waals surface area contributed by atoms with Crippen LogP contribution < -0.4 is 19.5 Å². The maximum absolute atomic E-state index is 11.5. The highest BCUT2D eigenvalue weighted by Crippen LogP contribution is 2.33. The number of imidazole rings is 1. The first kappa shape index (κ1) is 17.6. The Morgan fingerprint density at radius 3 is 2.38 bits per heavy atom. The highest BCUT2D eigenvalue weighted by Gasteiger charge is 2.20. The number of carboxylic acid groups (broad SMARTS) is 1. The lowest BCUT2D eigenvalue weighted by molar-refractivity contribution is -0.139. The van der Waals surface area contributed by atoms with E-state index in [2.05, 4.69) is 15.3 Å². The summed E-state index contributed by atoms with van der Waals surface area (Å²) in [5, 5.41) is 12.4. The van der Waals surface area contributed by atoms with E-state index in [1.54, 1.807) is 25.4 Å². The minimum absolute atomic E-state index is 0.265. The van der Waals surface area contributed by atoms with Crippen molar-refractivity contribution in [3.8, 4) is 17.2 Å². The summed E-state index contributed by atoms with van der Waals surface area (Å²) in [6, 6.07) is 2.68. The van der Waals surface area contributed by atoms with Crippen LogP contribution in [-0.4, -0.2) is 48.4 Å². The predicted molar refractivity (Wildman–Crippen MR) is 86.7 cm³/mol. The quantitative estimate of drug-likeness (QED) is 0.632. The van der Waals surface area contributed by atoms with Crippen molar-refractivity contribution in [2.75, 3.05) is 21.3 Å². The smallest absolute Gasteiger partial charge is 0.321 e. The molecular weight excluding hydrogens is 314 g/mol. The van der Waals surface area contributed by atoms with Gasteiger partial charge in [0.1, 0.15) is 23.3 Å². The number of H-pyrrole nitrogens is 1. The third kappa shape index (κ3) is 4.17. The second kappa shape index (κ2) is 8.21. The number of carbonyl (C=O) groups is 1. The average molecular weight is 335 g/mol. The van der Waals surface area contributed by atoms with E-state index in [1.165, 1.54) is 20.5 Å². The van der Waals surface area contributed by atoms with Crippen LogP contribution in [0.5, 0.6) is 17.2 Å². The molecule has 0 saturated heterocycles. The van der Waals surface area contributed by atoms with Gasteiger partial charge in [0, 0.05) is 37.0 Å². The van der Waals surface area contributed by atoms with Crippen LogP contribution in [0.15, 0.2) is 24.7 Å². The zero-order valence-electron chi connectivity index (χ0n) is 13.8. The lowest BCUT2D eigenvalue weighted by atomic mass is 10.1. The van der Waals surface area contributed by atoms with Crippen LogP contribution in [0.4, 0.5) is 0 Å². The molecule has 0 spiro atoms. The van der Waals surface area contributed by atoms with Gasteiger partial charge in [-0.2, -0.15) is 0 Å². The summed E-state index contributed by atoms with van der Waals surface area (Å²) >= 11 is 0. The Morgan fingerprint density at radius 1 is 1.25 bits per heavy atom. The SMILES string of the molecule is COc1cc(OC)c(CN[C@@H](Cc2cnc[nH]2)C(=O)O)c(OC)c1. The minimum atomic E-state index is -0.948. The van der Waals surface area contributed by atoms with E-state index in [9.17, 15) is 9.90 Å². The Hall–Kier alpha value is -2.74. The molecule has 0 aliphatic carbocycles. The molecule has 0 radical (unpaired) electrons. The number of carboxylic acids is 1. The zero-order chi connectivity index (χ0) is 17.5. The number of aliphatic carboxylic acids is 1. The van der Waals surface area contributed by atoms with Gasteiger partial charge in [-0.05, 0) is 0 Å². The van der Waals surface area contributed by atoms with E-state index < -0.39 is 12.0 Å². The van der Waals surface area contributed by atoms with Crippen LogP contribution >= 0.6 is 0 Å². The maximum Gasteiger partial charge on any atom is 0.321 e. The topological polar surface area (TPSA) is 106 Å². The molecular formula is C16H21N3O5. The van der Waals surface area contributed by atoms with Gasteiger partial charge in [0.2, 0.25) is 0 Å². The summed E-state index contributed by atoms with van der Waals surface area (Å²) in [7, 11) is 4.63. The van der Waals surface area contributed by atoms with E-state index in [0.717, 1.165) is 11.3 Å². The second-order valence-electron chi connectivity index (χ2n) is 5.06. The van der Waals surface area contributed by atoms with E-state index >= 15 is 0 Å². The number of nitrogens with zero attached hydrogens (tertiary/aromatic N) is 1. The largest absolute Gasteiger partial charge is 0.496 e. The summed E-state index contributed by atoms with van der Waals surface area (Å²) < 4.78 is 15.9. The number of aromatic amines is 1. The third-order valence-corrected chi connectivity index (χ3v) is 3.62. The minimum Gasteiger partial charge on any atom is -0.496 e. The monoisotopic (exact) mass is 335 g/mol. The third-order valence-electron chi connectivity index (χ3n) is 3.62. The number of rotatable bonds is 9. The molecule has 130 valence electrons. The molecule has 1 aromatic heterocycles. The van der Waals surface area contributed by atoms with Gasteiger partial charge in [-0.3, -0.25) is 10.1 Å². The van der Waals surface area contributed by atoms with Crippen molar-refractivity contribution in [1.29, 1.82) is 0 Å². The molecule has 0 aliphatic rings. The number of nitrogens with one attached hydrogen (secondary N) is 2. The molecule has 2 rings (SSSR count). The van der Waals surface area contributed by atoms with Crippen LogP contribution in [0.2, 0.25) is 0 Å². The molecule has 0 amide bonds. The first-order valence-corrected chi connectivity index (χ1v) is 7.31. The molecule has 8 nitrogen and oxygen atoms in total. The van der Waals surface area contributed by atoms with E-state index in [-0.39, 0.29) is 13.0 Å². The van der Waals surface area contributed by atoms with E-state index in [1.807, 2.05) is 0 Å². The van der Waals surface area contributed by atoms with Gasteiger partial charge in [0.05, 0.1) is 33.2 Å². The van der Waals surface area contributed by atoms with Gasteiger partial charge < -0.3 is 24.3 Å². The van der Waals surface area contributed by atoms with Crippen LogP contribution in [0.3, 0.4) is 0 Å². The molecule has 0 unspecified atom stereocenters. The standard InChI is InChI=1S/C16H21N3O5/c1-22-11-5-14(23-2)12(15(6-11)24-3)8-18-13(16(20)21)4-10-7-17-9-19-10/h5-7,9,13,18H,4,8H2,1-3H3,(H,17,19)(H,20,21)/t13-/m0/s1. The van der Waals surface area contributed by atoms with Crippen LogP contribution in [0, 0.1) is 0 Å². The van der Waals surface area contributed by atoms with Crippen molar-refractivity contribution < 1.29 is 24.1 Å². The molecule has 1 aromatic carbocycles. The van der Waals surface area contributed by atoms with Crippen LogP contribution in [0.25, 0.3) is 0 Å². The fraction of sp³-hybridized carbons (Fsp3) is 0.375. The summed E-state index contributed by atoms with van der Waals surface area (Å²) in [4.78, 5) is 18.3. The number of hydrogen-bond acceptors (Lipinski definition) is 6. The van der Waals surface area contributed by atoms with Crippen molar-refractivity contribution >= 4 is 5.97 Å². The van der Waals surface area contributed by atoms with Gasteiger partial charge in [-0.1, -0.05) is 0 Å². The molecule has 0 fully saturated rings. The maximum atomic E-state index is 11.5. The van der Waals surface area contributed by atoms with Crippen molar-refractivity contribution in [3.05, 3.63) is 35.9 Å². The fourth-order valence-electron chi connectivity index (χ4n) is 2.34. The molecule has 1 atom stereocenters. The summed E-state index contributed by atoms with van der Waals surface area (Å²) in [5.74, 6) is 0.768. The lowest BCUT2D eigenvalue weighted by Gasteiger charge is -2.18. The van der Waals surface area contributed by atoms with Crippen LogP contribution in [-0.2, 0) is 17.8 Å². The number of hydrogen-bond donors (Lipinski definition) is 3. The molecule has 3 N–H and O–H groups in total. The summed E-state index contributed by atoms with van der Waals surface area (Å²) in [6.45, 7) is 0.265. The summed E-state index contributed by atoms with van der Waals surface area (Å²) in [6.07, 6.45) is 3.41. The van der Waals surface area contributed by atoms with E-state index in [0.29, 0.717) is 17.2 Å². The molecule has 0 aliphatic heterocycles. The van der Waals surface area contributed by atoms with Gasteiger partial charge in [-0.25, -0.2) is 4.98 Å².